The van der Waals surface area contributed by atoms with Crippen LogP contribution in [0.2, 0.25) is 0 Å². The molecular weight excluding hydrogens is 635 g/mol. The summed E-state index contributed by atoms with van der Waals surface area (Å²) in [5.41, 5.74) is -1.08. The number of alkyl halides is 3. The Balaban J connectivity index is 1.44. The molecule has 1 amide bonds. The van der Waals surface area contributed by atoms with E-state index in [1.807, 2.05) is 18.2 Å². The quantitative estimate of drug-likeness (QED) is 0.260. The topological polar surface area (TPSA) is 132 Å². The van der Waals surface area contributed by atoms with E-state index in [0.717, 1.165) is 10.8 Å². The van der Waals surface area contributed by atoms with Crippen molar-refractivity contribution in [3.8, 4) is 11.5 Å². The van der Waals surface area contributed by atoms with E-state index in [4.69, 9.17) is 18.9 Å². The molecule has 0 spiro atoms. The Morgan fingerprint density at radius 2 is 1.44 bits per heavy atom. The van der Waals surface area contributed by atoms with Crippen LogP contribution in [0.4, 0.5) is 13.2 Å². The van der Waals surface area contributed by atoms with Crippen LogP contribution < -0.4 is 20.7 Å². The Labute approximate surface area is 272 Å². The molecule has 2 aliphatic heterocycles. The molecule has 3 aromatic carbocycles. The van der Waals surface area contributed by atoms with Gasteiger partial charge in [0, 0.05) is 11.8 Å². The number of aryl methyl sites for hydroxylation is 1. The third kappa shape index (κ3) is 5.55. The molecule has 3 heterocycles. The number of likely N-dealkylation sites (tertiary alicyclic amines) is 1. The highest BCUT2D eigenvalue weighted by Gasteiger charge is 2.66. The first-order valence-corrected chi connectivity index (χ1v) is 14.9. The van der Waals surface area contributed by atoms with Crippen molar-refractivity contribution < 1.29 is 42.0 Å². The van der Waals surface area contributed by atoms with Gasteiger partial charge in [0.15, 0.2) is 6.23 Å². The van der Waals surface area contributed by atoms with Gasteiger partial charge in [0.25, 0.3) is 5.56 Å². The van der Waals surface area contributed by atoms with E-state index in [2.05, 4.69) is 4.98 Å². The van der Waals surface area contributed by atoms with E-state index in [-0.39, 0.29) is 5.56 Å². The predicted octanol–water partition coefficient (Wildman–Crippen LogP) is 3.27. The number of aliphatic hydroxyl groups excluding tert-OH is 1. The number of H-pyrrole nitrogens is 1. The number of carbonyl (C=O) groups excluding carboxylic acids is 1. The number of rotatable bonds is 9. The second-order valence-corrected chi connectivity index (χ2v) is 11.5. The number of nitrogens with zero attached hydrogens (tertiary/aromatic N) is 2. The fourth-order valence-electron chi connectivity index (χ4n) is 6.50. The van der Waals surface area contributed by atoms with E-state index < -0.39 is 66.1 Å². The average Bonchev–Trinajstić information content (AvgIpc) is 3.36. The summed E-state index contributed by atoms with van der Waals surface area (Å²) in [4.78, 5) is 40.1. The molecule has 48 heavy (non-hydrogen) atoms. The summed E-state index contributed by atoms with van der Waals surface area (Å²) in [6.07, 6.45) is -8.51. The van der Waals surface area contributed by atoms with Gasteiger partial charge >= 0.3 is 17.8 Å². The maximum atomic E-state index is 14.0. The van der Waals surface area contributed by atoms with Crippen molar-refractivity contribution in [1.29, 1.82) is 0 Å². The van der Waals surface area contributed by atoms with Crippen LogP contribution in [0.1, 0.15) is 28.5 Å². The second-order valence-electron chi connectivity index (χ2n) is 11.5. The van der Waals surface area contributed by atoms with Crippen molar-refractivity contribution >= 4 is 5.91 Å². The number of aliphatic hydroxyl groups is 1. The number of nitrogens with one attached hydrogen (secondary N) is 1. The van der Waals surface area contributed by atoms with Gasteiger partial charge in [0.1, 0.15) is 29.3 Å². The van der Waals surface area contributed by atoms with E-state index in [0.29, 0.717) is 33.1 Å². The molecule has 5 unspecified atom stereocenters. The number of aromatic nitrogens is 2. The zero-order chi connectivity index (χ0) is 34.4. The number of hydrogen-bond donors (Lipinski definition) is 2. The standard InChI is InChI=1S/C34H32F3N3O8/c1-19-17-39(32(44)38-29(19)42)30-27(41)26-28(48-30)25(40(26)31(43)34(35,36)37)18-47-33(20-7-5-4-6-8-20,21-9-13-23(45-2)14-10-21)22-11-15-24(46-3)16-12-22/h4-17,25-28,30,41H,18H2,1-3H3,(H,38,42,44). The minimum Gasteiger partial charge on any atom is -0.497 e. The number of benzene rings is 3. The van der Waals surface area contributed by atoms with Gasteiger partial charge in [-0.3, -0.25) is 19.1 Å². The van der Waals surface area contributed by atoms with Gasteiger partial charge in [-0.05, 0) is 47.9 Å². The highest BCUT2D eigenvalue weighted by molar-refractivity contribution is 5.84. The Morgan fingerprint density at radius 1 is 0.896 bits per heavy atom. The number of ether oxygens (including phenoxy) is 4. The Hall–Kier alpha value is -4.92. The lowest BCUT2D eigenvalue weighted by Crippen LogP contribution is -2.73. The number of aromatic amines is 1. The largest absolute Gasteiger partial charge is 0.497 e. The van der Waals surface area contributed by atoms with Crippen molar-refractivity contribution in [1.82, 2.24) is 14.5 Å². The molecule has 2 saturated heterocycles. The molecule has 1 aromatic heterocycles. The fourth-order valence-corrected chi connectivity index (χ4v) is 6.50. The van der Waals surface area contributed by atoms with Crippen molar-refractivity contribution in [3.05, 3.63) is 128 Å². The highest BCUT2D eigenvalue weighted by Crippen LogP contribution is 2.47. The summed E-state index contributed by atoms with van der Waals surface area (Å²) in [7, 11) is 3.04. The second kappa shape index (κ2) is 12.6. The minimum absolute atomic E-state index is 0.111. The number of fused-ring (bicyclic) bond motifs is 1. The van der Waals surface area contributed by atoms with Crippen LogP contribution in [-0.4, -0.2) is 76.8 Å². The lowest BCUT2D eigenvalue weighted by Gasteiger charge is -2.52. The monoisotopic (exact) mass is 667 g/mol. The molecule has 6 rings (SSSR count). The van der Waals surface area contributed by atoms with Gasteiger partial charge in [-0.25, -0.2) is 4.79 Å². The summed E-state index contributed by atoms with van der Waals surface area (Å²) in [6, 6.07) is 20.2. The van der Waals surface area contributed by atoms with Crippen molar-refractivity contribution in [3.63, 3.8) is 0 Å². The predicted molar refractivity (Wildman–Crippen MR) is 165 cm³/mol. The number of amides is 1. The maximum Gasteiger partial charge on any atom is 0.471 e. The zero-order valence-corrected chi connectivity index (χ0v) is 26.0. The molecule has 2 N–H and O–H groups in total. The fraction of sp³-hybridized carbons (Fsp3) is 0.324. The summed E-state index contributed by atoms with van der Waals surface area (Å²) in [6.45, 7) is 0.942. The molecule has 0 radical (unpaired) electrons. The third-order valence-corrected chi connectivity index (χ3v) is 8.87. The van der Waals surface area contributed by atoms with Crippen molar-refractivity contribution in [2.75, 3.05) is 20.8 Å². The molecule has 2 aliphatic rings. The van der Waals surface area contributed by atoms with Crippen LogP contribution >= 0.6 is 0 Å². The van der Waals surface area contributed by atoms with E-state index in [1.165, 1.54) is 21.1 Å². The van der Waals surface area contributed by atoms with Crippen LogP contribution in [0.25, 0.3) is 0 Å². The normalized spacial score (nSPS) is 22.1. The third-order valence-electron chi connectivity index (χ3n) is 8.87. The number of halogens is 3. The van der Waals surface area contributed by atoms with Crippen molar-refractivity contribution in [2.24, 2.45) is 0 Å². The van der Waals surface area contributed by atoms with E-state index in [9.17, 15) is 32.7 Å². The lowest BCUT2D eigenvalue weighted by atomic mass is 9.79. The van der Waals surface area contributed by atoms with E-state index >= 15 is 0 Å². The highest BCUT2D eigenvalue weighted by atomic mass is 19.4. The molecule has 252 valence electrons. The minimum atomic E-state index is -5.28. The molecule has 4 aromatic rings. The molecule has 0 aliphatic carbocycles. The first kappa shape index (κ1) is 33.0. The van der Waals surface area contributed by atoms with Gasteiger partial charge in [0.2, 0.25) is 0 Å². The van der Waals surface area contributed by atoms with Gasteiger partial charge in [-0.1, -0.05) is 54.6 Å². The SMILES string of the molecule is COc1ccc(C(OCC2C3OC(n4cc(C)c(=O)[nH]c4=O)C(O)C3N2C(=O)C(F)(F)F)(c2ccccc2)c2ccc(OC)cc2)cc1. The number of carbonyl (C=O) groups is 1. The molecule has 2 fully saturated rings. The van der Waals surface area contributed by atoms with Crippen LogP contribution in [0.3, 0.4) is 0 Å². The Kier molecular flexibility index (Phi) is 8.66. The molecule has 0 saturated carbocycles. The van der Waals surface area contributed by atoms with Gasteiger partial charge < -0.3 is 29.0 Å². The smallest absolute Gasteiger partial charge is 0.471 e. The summed E-state index contributed by atoms with van der Waals surface area (Å²) >= 11 is 0. The lowest BCUT2D eigenvalue weighted by molar-refractivity contribution is -0.217. The molecular formula is C34H32F3N3O8. The Bertz CT molecular complexity index is 1850. The first-order chi connectivity index (χ1) is 22.9. The molecule has 11 nitrogen and oxygen atoms in total. The first-order valence-electron chi connectivity index (χ1n) is 14.9. The van der Waals surface area contributed by atoms with Crippen LogP contribution in [-0.2, 0) is 19.9 Å². The van der Waals surface area contributed by atoms with Crippen molar-refractivity contribution in [2.45, 2.75) is 49.2 Å². The summed E-state index contributed by atoms with van der Waals surface area (Å²) in [5.74, 6) is -1.07. The zero-order valence-electron chi connectivity index (χ0n) is 26.0. The number of methoxy groups -OCH3 is 2. The Morgan fingerprint density at radius 3 is 1.96 bits per heavy atom. The summed E-state index contributed by atoms with van der Waals surface area (Å²) in [5, 5.41) is 11.2. The maximum absolute atomic E-state index is 14.0. The van der Waals surface area contributed by atoms with E-state index in [1.54, 1.807) is 60.7 Å². The van der Waals surface area contributed by atoms with Crippen LogP contribution in [0, 0.1) is 6.92 Å². The average molecular weight is 668 g/mol. The van der Waals surface area contributed by atoms with Gasteiger partial charge in [-0.2, -0.15) is 13.2 Å². The molecule has 0 bridgehead atoms. The van der Waals surface area contributed by atoms with Crippen LogP contribution in [0.5, 0.6) is 11.5 Å². The summed E-state index contributed by atoms with van der Waals surface area (Å²) < 4.78 is 66.4. The molecule has 14 heteroatoms. The van der Waals surface area contributed by atoms with Crippen LogP contribution in [0.15, 0.2) is 94.6 Å². The van der Waals surface area contributed by atoms with Gasteiger partial charge in [0.05, 0.1) is 32.9 Å². The molecule has 5 atom stereocenters. The van der Waals surface area contributed by atoms with Gasteiger partial charge in [-0.15, -0.1) is 0 Å². The number of hydrogen-bond acceptors (Lipinski definition) is 8.